The molecule has 1 saturated heterocycles. The van der Waals surface area contributed by atoms with E-state index in [0.717, 1.165) is 11.1 Å². The average molecular weight is 407 g/mol. The second kappa shape index (κ2) is 8.91. The first-order chi connectivity index (χ1) is 13.3. The van der Waals surface area contributed by atoms with Crippen LogP contribution in [0.1, 0.15) is 48.1 Å². The zero-order valence-corrected chi connectivity index (χ0v) is 16.8. The molecule has 1 heterocycles. The van der Waals surface area contributed by atoms with Gasteiger partial charge in [-0.1, -0.05) is 61.8 Å². The molecule has 0 bridgehead atoms. The fourth-order valence-corrected chi connectivity index (χ4v) is 3.73. The molecule has 0 spiro atoms. The molecule has 5 atom stereocenters. The Morgan fingerprint density at radius 3 is 2.32 bits per heavy atom. The number of halogens is 1. The minimum atomic E-state index is -1.28. The molecule has 3 rings (SSSR count). The second-order valence-electron chi connectivity index (χ2n) is 7.68. The Hall–Kier alpha value is -1.47. The van der Waals surface area contributed by atoms with Gasteiger partial charge in [0.05, 0.1) is 6.61 Å². The highest BCUT2D eigenvalue weighted by molar-refractivity contribution is 6.31. The van der Waals surface area contributed by atoms with E-state index in [2.05, 4.69) is 38.1 Å². The van der Waals surface area contributed by atoms with Crippen molar-refractivity contribution in [2.75, 3.05) is 6.61 Å². The predicted octanol–water partition coefficient (Wildman–Crippen LogP) is 2.57. The normalized spacial score (nSPS) is 26.0. The van der Waals surface area contributed by atoms with Crippen LogP contribution in [-0.4, -0.2) is 51.4 Å². The van der Waals surface area contributed by atoms with Gasteiger partial charge in [0.25, 0.3) is 0 Å². The van der Waals surface area contributed by atoms with Crippen LogP contribution in [0.25, 0.3) is 0 Å². The molecule has 2 aromatic rings. The predicted molar refractivity (Wildman–Crippen MR) is 108 cm³/mol. The van der Waals surface area contributed by atoms with Crippen LogP contribution in [0.3, 0.4) is 0 Å². The summed E-state index contributed by atoms with van der Waals surface area (Å²) in [4.78, 5) is 0. The van der Waals surface area contributed by atoms with Gasteiger partial charge in [-0.25, -0.2) is 0 Å². The molecular weight excluding hydrogens is 380 g/mol. The summed E-state index contributed by atoms with van der Waals surface area (Å²) in [5.74, 6) is 0.468. The first-order valence-electron chi connectivity index (χ1n) is 9.49. The molecule has 0 aliphatic carbocycles. The number of hydrogen-bond acceptors (Lipinski definition) is 5. The van der Waals surface area contributed by atoms with E-state index in [0.29, 0.717) is 22.9 Å². The second-order valence-corrected chi connectivity index (χ2v) is 8.08. The van der Waals surface area contributed by atoms with E-state index in [1.165, 1.54) is 5.56 Å². The maximum atomic E-state index is 10.4. The Kier molecular flexibility index (Phi) is 6.76. The number of benzene rings is 2. The highest BCUT2D eigenvalue weighted by atomic mass is 35.5. The number of hydrogen-bond donors (Lipinski definition) is 4. The van der Waals surface area contributed by atoms with Gasteiger partial charge < -0.3 is 25.2 Å². The van der Waals surface area contributed by atoms with Crippen molar-refractivity contribution in [1.82, 2.24) is 0 Å². The summed E-state index contributed by atoms with van der Waals surface area (Å²) in [5, 5.41) is 40.0. The summed E-state index contributed by atoms with van der Waals surface area (Å²) in [7, 11) is 0. The summed E-state index contributed by atoms with van der Waals surface area (Å²) in [6.45, 7) is 3.74. The van der Waals surface area contributed by atoms with Gasteiger partial charge >= 0.3 is 0 Å². The van der Waals surface area contributed by atoms with Gasteiger partial charge in [0.15, 0.2) is 0 Å². The van der Waals surface area contributed by atoms with Crippen molar-refractivity contribution in [3.05, 3.63) is 69.7 Å². The monoisotopic (exact) mass is 406 g/mol. The fourth-order valence-electron chi connectivity index (χ4n) is 3.55. The quantitative estimate of drug-likeness (QED) is 0.592. The lowest BCUT2D eigenvalue weighted by Gasteiger charge is -2.19. The molecule has 0 radical (unpaired) electrons. The molecule has 0 unspecified atom stereocenters. The van der Waals surface area contributed by atoms with Gasteiger partial charge in [-0.3, -0.25) is 0 Å². The number of aliphatic hydroxyl groups excluding tert-OH is 4. The number of ether oxygens (including phenoxy) is 1. The topological polar surface area (TPSA) is 90.2 Å². The average Bonchev–Trinajstić information content (AvgIpc) is 2.98. The summed E-state index contributed by atoms with van der Waals surface area (Å²) >= 11 is 6.38. The van der Waals surface area contributed by atoms with Crippen molar-refractivity contribution in [2.45, 2.75) is 56.7 Å². The highest BCUT2D eigenvalue weighted by Crippen LogP contribution is 2.36. The van der Waals surface area contributed by atoms with Crippen molar-refractivity contribution in [2.24, 2.45) is 0 Å². The van der Waals surface area contributed by atoms with Crippen LogP contribution in [0.15, 0.2) is 42.5 Å². The first kappa shape index (κ1) is 21.2. The molecule has 5 nitrogen and oxygen atoms in total. The Morgan fingerprint density at radius 2 is 1.71 bits per heavy atom. The molecule has 2 aromatic carbocycles. The molecule has 0 amide bonds. The standard InChI is InChI=1S/C22H27ClO5/c1-12(2)14-5-3-13(4-6-14)9-16-10-15(7-8-17(16)23)21-19(26)20(27)22(28-21)18(25)11-24/h3-8,10,12,18-22,24-27H,9,11H2,1-2H3/t18-,19+,20+,21-,22+/m0/s1. The number of rotatable bonds is 6. The summed E-state index contributed by atoms with van der Waals surface area (Å²) in [6.07, 6.45) is -4.98. The molecule has 152 valence electrons. The fraction of sp³-hybridized carbons (Fsp3) is 0.455. The maximum absolute atomic E-state index is 10.4. The van der Waals surface area contributed by atoms with Crippen LogP contribution in [0.2, 0.25) is 5.02 Å². The van der Waals surface area contributed by atoms with Gasteiger partial charge in [0, 0.05) is 5.02 Å². The molecule has 6 heteroatoms. The lowest BCUT2D eigenvalue weighted by molar-refractivity contribution is -0.0820. The third-order valence-corrected chi connectivity index (χ3v) is 5.67. The smallest absolute Gasteiger partial charge is 0.115 e. The van der Waals surface area contributed by atoms with Crippen molar-refractivity contribution in [3.8, 4) is 0 Å². The first-order valence-corrected chi connectivity index (χ1v) is 9.87. The van der Waals surface area contributed by atoms with E-state index < -0.39 is 37.1 Å². The Morgan fingerprint density at radius 1 is 1.04 bits per heavy atom. The zero-order chi connectivity index (χ0) is 20.4. The van der Waals surface area contributed by atoms with Gasteiger partial charge in [0.1, 0.15) is 30.5 Å². The number of aliphatic hydroxyl groups is 4. The minimum absolute atomic E-state index is 0.468. The van der Waals surface area contributed by atoms with E-state index in [1.807, 2.05) is 6.07 Å². The zero-order valence-electron chi connectivity index (χ0n) is 16.0. The van der Waals surface area contributed by atoms with Crippen LogP contribution >= 0.6 is 11.6 Å². The molecule has 0 saturated carbocycles. The van der Waals surface area contributed by atoms with Crippen LogP contribution in [-0.2, 0) is 11.2 Å². The highest BCUT2D eigenvalue weighted by Gasteiger charge is 2.46. The van der Waals surface area contributed by atoms with Crippen LogP contribution in [0.4, 0.5) is 0 Å². The lowest BCUT2D eigenvalue weighted by atomic mass is 9.95. The molecule has 1 fully saturated rings. The summed E-state index contributed by atoms with van der Waals surface area (Å²) in [6, 6.07) is 13.7. The molecule has 0 aromatic heterocycles. The third kappa shape index (κ3) is 4.40. The molecule has 4 N–H and O–H groups in total. The maximum Gasteiger partial charge on any atom is 0.115 e. The van der Waals surface area contributed by atoms with E-state index in [9.17, 15) is 15.3 Å². The Balaban J connectivity index is 1.81. The van der Waals surface area contributed by atoms with Crippen LogP contribution < -0.4 is 0 Å². The SMILES string of the molecule is CC(C)c1ccc(Cc2cc([C@@H]3O[C@H]([C@@H](O)CO)[C@H](O)[C@H]3O)ccc2Cl)cc1. The molecule has 1 aliphatic heterocycles. The summed E-state index contributed by atoms with van der Waals surface area (Å²) < 4.78 is 5.66. The van der Waals surface area contributed by atoms with Crippen molar-refractivity contribution < 1.29 is 25.2 Å². The third-order valence-electron chi connectivity index (χ3n) is 5.31. The van der Waals surface area contributed by atoms with E-state index >= 15 is 0 Å². The van der Waals surface area contributed by atoms with Crippen LogP contribution in [0, 0.1) is 0 Å². The Bertz CT molecular complexity index is 792. The van der Waals surface area contributed by atoms with E-state index in [4.69, 9.17) is 21.4 Å². The molecule has 28 heavy (non-hydrogen) atoms. The van der Waals surface area contributed by atoms with Crippen molar-refractivity contribution >= 4 is 11.6 Å². The largest absolute Gasteiger partial charge is 0.394 e. The lowest BCUT2D eigenvalue weighted by Crippen LogP contribution is -2.40. The van der Waals surface area contributed by atoms with Gasteiger partial charge in [-0.05, 0) is 40.7 Å². The van der Waals surface area contributed by atoms with E-state index in [-0.39, 0.29) is 0 Å². The molecule has 1 aliphatic rings. The molecular formula is C22H27ClO5. The van der Waals surface area contributed by atoms with Crippen molar-refractivity contribution in [3.63, 3.8) is 0 Å². The van der Waals surface area contributed by atoms with Gasteiger partial charge in [-0.15, -0.1) is 0 Å². The van der Waals surface area contributed by atoms with Gasteiger partial charge in [-0.2, -0.15) is 0 Å². The van der Waals surface area contributed by atoms with Gasteiger partial charge in [0.2, 0.25) is 0 Å². The van der Waals surface area contributed by atoms with E-state index in [1.54, 1.807) is 12.1 Å². The minimum Gasteiger partial charge on any atom is -0.394 e. The van der Waals surface area contributed by atoms with Crippen LogP contribution in [0.5, 0.6) is 0 Å². The Labute approximate surface area is 170 Å². The summed E-state index contributed by atoms with van der Waals surface area (Å²) in [5.41, 5.74) is 3.93. The van der Waals surface area contributed by atoms with Crippen molar-refractivity contribution in [1.29, 1.82) is 0 Å².